The number of hydrogen-bond donors (Lipinski definition) is 1. The zero-order valence-corrected chi connectivity index (χ0v) is 8.32. The number of likely N-dealkylation sites (tertiary alicyclic amines) is 1. The summed E-state index contributed by atoms with van der Waals surface area (Å²) >= 11 is 0. The summed E-state index contributed by atoms with van der Waals surface area (Å²) < 4.78 is 41.2. The van der Waals surface area contributed by atoms with Gasteiger partial charge in [-0.2, -0.15) is 13.2 Å². The van der Waals surface area contributed by atoms with E-state index in [0.29, 0.717) is 0 Å². The molecular weight excluding hydrogens is 231 g/mol. The molecule has 2 atom stereocenters. The summed E-state index contributed by atoms with van der Waals surface area (Å²) in [5, 5.41) is 8.69. The van der Waals surface area contributed by atoms with E-state index in [-0.39, 0.29) is 17.9 Å². The molecule has 1 amide bonds. The van der Waals surface area contributed by atoms with E-state index in [9.17, 15) is 22.8 Å². The van der Waals surface area contributed by atoms with Crippen LogP contribution in [0.4, 0.5) is 13.2 Å². The largest absolute Gasteiger partial charge is 0.480 e. The highest BCUT2D eigenvalue weighted by Gasteiger charge is 2.50. The van der Waals surface area contributed by atoms with Crippen LogP contribution in [0.3, 0.4) is 0 Å². The lowest BCUT2D eigenvalue weighted by Crippen LogP contribution is -2.47. The highest BCUT2D eigenvalue weighted by Crippen LogP contribution is 2.26. The van der Waals surface area contributed by atoms with Gasteiger partial charge in [-0.15, -0.1) is 0 Å². The first-order chi connectivity index (χ1) is 7.27. The van der Waals surface area contributed by atoms with Gasteiger partial charge in [-0.3, -0.25) is 4.79 Å². The molecule has 0 aliphatic carbocycles. The molecule has 1 aliphatic heterocycles. The van der Waals surface area contributed by atoms with Gasteiger partial charge in [0.1, 0.15) is 6.04 Å². The summed E-state index contributed by atoms with van der Waals surface area (Å²) in [5.74, 6) is -3.60. The smallest absolute Gasteiger partial charge is 0.471 e. The van der Waals surface area contributed by atoms with Crippen LogP contribution >= 0.6 is 0 Å². The lowest BCUT2D eigenvalue weighted by atomic mass is 10.2. The molecule has 92 valence electrons. The van der Waals surface area contributed by atoms with Crippen molar-refractivity contribution >= 4 is 11.9 Å². The zero-order chi connectivity index (χ0) is 12.5. The van der Waals surface area contributed by atoms with E-state index in [0.717, 1.165) is 0 Å². The number of hydrogen-bond acceptors (Lipinski definition) is 3. The Hall–Kier alpha value is -1.31. The van der Waals surface area contributed by atoms with Gasteiger partial charge >= 0.3 is 18.1 Å². The molecule has 16 heavy (non-hydrogen) atoms. The van der Waals surface area contributed by atoms with Crippen LogP contribution < -0.4 is 0 Å². The van der Waals surface area contributed by atoms with Crippen molar-refractivity contribution in [3.63, 3.8) is 0 Å². The first kappa shape index (κ1) is 12.8. The molecule has 0 bridgehead atoms. The lowest BCUT2D eigenvalue weighted by Gasteiger charge is -2.22. The summed E-state index contributed by atoms with van der Waals surface area (Å²) in [6.07, 6.45) is -5.86. The van der Waals surface area contributed by atoms with Crippen molar-refractivity contribution in [1.82, 2.24) is 4.90 Å². The molecule has 0 spiro atoms. The lowest BCUT2D eigenvalue weighted by molar-refractivity contribution is -0.188. The van der Waals surface area contributed by atoms with Crippen molar-refractivity contribution in [1.29, 1.82) is 0 Å². The maximum absolute atomic E-state index is 12.1. The number of methoxy groups -OCH3 is 1. The first-order valence-corrected chi connectivity index (χ1v) is 4.40. The van der Waals surface area contributed by atoms with Crippen LogP contribution in [-0.4, -0.2) is 53.9 Å². The van der Waals surface area contributed by atoms with Crippen LogP contribution in [0.1, 0.15) is 6.42 Å². The average Bonchev–Trinajstić information content (AvgIpc) is 2.58. The topological polar surface area (TPSA) is 66.8 Å². The van der Waals surface area contributed by atoms with Crippen LogP contribution in [0.25, 0.3) is 0 Å². The Balaban J connectivity index is 2.85. The Kier molecular flexibility index (Phi) is 3.41. The predicted octanol–water partition coefficient (Wildman–Crippen LogP) is 0.249. The Morgan fingerprint density at radius 3 is 2.38 bits per heavy atom. The summed E-state index contributed by atoms with van der Waals surface area (Å²) in [4.78, 5) is 21.9. The van der Waals surface area contributed by atoms with Crippen molar-refractivity contribution in [3.05, 3.63) is 0 Å². The monoisotopic (exact) mass is 241 g/mol. The van der Waals surface area contributed by atoms with E-state index >= 15 is 0 Å². The summed E-state index contributed by atoms with van der Waals surface area (Å²) in [6, 6.07) is -1.47. The fraction of sp³-hybridized carbons (Fsp3) is 0.750. The molecule has 5 nitrogen and oxygen atoms in total. The quantitative estimate of drug-likeness (QED) is 0.752. The third-order valence-electron chi connectivity index (χ3n) is 2.38. The minimum Gasteiger partial charge on any atom is -0.480 e. The molecule has 1 rings (SSSR count). The zero-order valence-electron chi connectivity index (χ0n) is 8.32. The Morgan fingerprint density at radius 1 is 1.44 bits per heavy atom. The third kappa shape index (κ3) is 2.43. The molecule has 1 aliphatic rings. The molecule has 1 N–H and O–H groups in total. The van der Waals surface area contributed by atoms with Gasteiger partial charge in [0.15, 0.2) is 0 Å². The van der Waals surface area contributed by atoms with Crippen LogP contribution in [0.2, 0.25) is 0 Å². The fourth-order valence-corrected chi connectivity index (χ4v) is 1.59. The van der Waals surface area contributed by atoms with Gasteiger partial charge in [0, 0.05) is 20.1 Å². The van der Waals surface area contributed by atoms with E-state index in [4.69, 9.17) is 9.84 Å². The summed E-state index contributed by atoms with van der Waals surface area (Å²) in [6.45, 7) is -0.355. The van der Waals surface area contributed by atoms with Crippen molar-refractivity contribution in [2.45, 2.75) is 24.7 Å². The molecule has 0 saturated carbocycles. The van der Waals surface area contributed by atoms with Crippen LogP contribution in [0.5, 0.6) is 0 Å². The standard InChI is InChI=1S/C8H10F3NO4/c1-16-4-2-5(6(13)14)12(3-4)7(15)8(9,10)11/h4-5H,2-3H2,1H3,(H,13,14)/t4-,5+/m0/s1. The van der Waals surface area contributed by atoms with Gasteiger partial charge in [-0.25, -0.2) is 4.79 Å². The number of rotatable bonds is 2. The number of carboxylic acid groups (broad SMARTS) is 1. The van der Waals surface area contributed by atoms with Crippen molar-refractivity contribution in [3.8, 4) is 0 Å². The van der Waals surface area contributed by atoms with E-state index in [1.165, 1.54) is 7.11 Å². The van der Waals surface area contributed by atoms with Crippen LogP contribution in [0.15, 0.2) is 0 Å². The van der Waals surface area contributed by atoms with E-state index < -0.39 is 30.2 Å². The molecule has 1 saturated heterocycles. The van der Waals surface area contributed by atoms with Crippen LogP contribution in [-0.2, 0) is 14.3 Å². The van der Waals surface area contributed by atoms with Crippen molar-refractivity contribution in [2.24, 2.45) is 0 Å². The second-order valence-electron chi connectivity index (χ2n) is 3.40. The number of carbonyl (C=O) groups is 2. The number of nitrogens with zero attached hydrogens (tertiary/aromatic N) is 1. The molecule has 0 aromatic rings. The molecule has 0 aromatic heterocycles. The van der Waals surface area contributed by atoms with Gasteiger partial charge in [-0.05, 0) is 0 Å². The number of carbonyl (C=O) groups excluding carboxylic acids is 1. The number of halogens is 3. The van der Waals surface area contributed by atoms with Crippen molar-refractivity contribution in [2.75, 3.05) is 13.7 Å². The summed E-state index contributed by atoms with van der Waals surface area (Å²) in [7, 11) is 1.26. The molecule has 0 aromatic carbocycles. The summed E-state index contributed by atoms with van der Waals surface area (Å²) in [5.41, 5.74) is 0. The average molecular weight is 241 g/mol. The third-order valence-corrected chi connectivity index (χ3v) is 2.38. The normalized spacial score (nSPS) is 25.9. The van der Waals surface area contributed by atoms with Gasteiger partial charge in [0.05, 0.1) is 6.10 Å². The fourth-order valence-electron chi connectivity index (χ4n) is 1.59. The number of amides is 1. The number of carboxylic acids is 1. The highest BCUT2D eigenvalue weighted by molar-refractivity contribution is 5.87. The Bertz CT molecular complexity index is 304. The minimum absolute atomic E-state index is 0.131. The van der Waals surface area contributed by atoms with Crippen LogP contribution in [0, 0.1) is 0 Å². The van der Waals surface area contributed by atoms with E-state index in [2.05, 4.69) is 0 Å². The number of aliphatic carboxylic acids is 1. The van der Waals surface area contributed by atoms with Gasteiger partial charge in [0.2, 0.25) is 0 Å². The Morgan fingerprint density at radius 2 is 2.00 bits per heavy atom. The first-order valence-electron chi connectivity index (χ1n) is 4.40. The van der Waals surface area contributed by atoms with E-state index in [1.54, 1.807) is 0 Å². The predicted molar refractivity (Wildman–Crippen MR) is 44.6 cm³/mol. The number of alkyl halides is 3. The SMILES string of the molecule is CO[C@H]1C[C@H](C(=O)O)N(C(=O)C(F)(F)F)C1. The second kappa shape index (κ2) is 4.28. The highest BCUT2D eigenvalue weighted by atomic mass is 19.4. The molecule has 0 radical (unpaired) electrons. The maximum atomic E-state index is 12.1. The molecule has 1 heterocycles. The molecule has 1 fully saturated rings. The van der Waals surface area contributed by atoms with Gasteiger partial charge in [-0.1, -0.05) is 0 Å². The Labute approximate surface area is 88.8 Å². The minimum atomic E-state index is -5.06. The molecular formula is C8H10F3NO4. The van der Waals surface area contributed by atoms with Gasteiger partial charge in [0.25, 0.3) is 0 Å². The maximum Gasteiger partial charge on any atom is 0.471 e. The number of ether oxygens (including phenoxy) is 1. The van der Waals surface area contributed by atoms with E-state index in [1.807, 2.05) is 0 Å². The molecule has 0 unspecified atom stereocenters. The van der Waals surface area contributed by atoms with Crippen molar-refractivity contribution < 1.29 is 32.6 Å². The second-order valence-corrected chi connectivity index (χ2v) is 3.40. The van der Waals surface area contributed by atoms with Gasteiger partial charge < -0.3 is 14.7 Å². The molecule has 8 heteroatoms.